The highest BCUT2D eigenvalue weighted by atomic mass is 35.5. The monoisotopic (exact) mass is 645 g/mol. The fourth-order valence-corrected chi connectivity index (χ4v) is 6.13. The number of amides is 3. The van der Waals surface area contributed by atoms with Gasteiger partial charge >= 0.3 is 6.03 Å². The van der Waals surface area contributed by atoms with Crippen LogP contribution in [0.25, 0.3) is 11.3 Å². The molecule has 2 aromatic heterocycles. The van der Waals surface area contributed by atoms with Crippen molar-refractivity contribution < 1.29 is 18.4 Å². The number of urea groups is 1. The van der Waals surface area contributed by atoms with Gasteiger partial charge < -0.3 is 10.6 Å². The predicted octanol–water partition coefficient (Wildman–Crippen LogP) is 8.44. The van der Waals surface area contributed by atoms with Gasteiger partial charge in [-0.15, -0.1) is 0 Å². The Kier molecular flexibility index (Phi) is 10.5. The van der Waals surface area contributed by atoms with Crippen LogP contribution in [0.2, 0.25) is 4.34 Å². The topological polar surface area (TPSA) is 96.0 Å². The summed E-state index contributed by atoms with van der Waals surface area (Å²) in [6.07, 6.45) is 3.32. The number of pyridine rings is 1. The van der Waals surface area contributed by atoms with E-state index < -0.39 is 6.03 Å². The third-order valence-electron chi connectivity index (χ3n) is 7.15. The van der Waals surface area contributed by atoms with Crippen molar-refractivity contribution >= 4 is 45.7 Å². The summed E-state index contributed by atoms with van der Waals surface area (Å²) >= 11 is 7.62. The highest BCUT2D eigenvalue weighted by Crippen LogP contribution is 2.36. The smallest absolute Gasteiger partial charge is 0.321 e. The van der Waals surface area contributed by atoms with Crippen molar-refractivity contribution in [3.63, 3.8) is 0 Å². The molecule has 0 fully saturated rings. The minimum absolute atomic E-state index is 0.153. The van der Waals surface area contributed by atoms with Crippen LogP contribution in [0.3, 0.4) is 0 Å². The molecule has 7 nitrogen and oxygen atoms in total. The molecule has 5 rings (SSSR count). The minimum atomic E-state index is -0.450. The molecule has 0 aliphatic heterocycles. The number of carbonyl (C=O) groups is 2. The molecule has 230 valence electrons. The lowest BCUT2D eigenvalue weighted by Gasteiger charge is -2.23. The number of hydrogen-bond donors (Lipinski definition) is 3. The van der Waals surface area contributed by atoms with Crippen LogP contribution in [0.15, 0.2) is 97.2 Å². The van der Waals surface area contributed by atoms with E-state index in [0.717, 1.165) is 33.7 Å². The summed E-state index contributed by atoms with van der Waals surface area (Å²) in [5, 5.41) is 8.90. The van der Waals surface area contributed by atoms with E-state index in [1.807, 2.05) is 18.2 Å². The average Bonchev–Trinajstić information content (AvgIpc) is 3.38. The van der Waals surface area contributed by atoms with Crippen LogP contribution in [0.4, 0.5) is 24.4 Å². The summed E-state index contributed by atoms with van der Waals surface area (Å²) in [5.41, 5.74) is 4.48. The first-order valence-electron chi connectivity index (χ1n) is 14.3. The molecule has 1 unspecified atom stereocenters. The second-order valence-corrected chi connectivity index (χ2v) is 12.1. The highest BCUT2D eigenvalue weighted by molar-refractivity contribution is 7.20. The zero-order valence-electron chi connectivity index (χ0n) is 24.3. The van der Waals surface area contributed by atoms with E-state index in [1.54, 1.807) is 54.7 Å². The zero-order chi connectivity index (χ0) is 31.8. The Morgan fingerprint density at radius 3 is 2.07 bits per heavy atom. The molecule has 0 bridgehead atoms. The van der Waals surface area contributed by atoms with Gasteiger partial charge in [-0.2, -0.15) is 0 Å². The second-order valence-electron chi connectivity index (χ2n) is 10.5. The molecule has 0 radical (unpaired) electrons. The Bertz CT molecular complexity index is 1690. The molecule has 0 saturated carbocycles. The number of anilines is 2. The van der Waals surface area contributed by atoms with Crippen LogP contribution >= 0.6 is 22.9 Å². The number of benzene rings is 3. The van der Waals surface area contributed by atoms with Crippen molar-refractivity contribution in [1.82, 2.24) is 15.3 Å². The van der Waals surface area contributed by atoms with Gasteiger partial charge in [0.15, 0.2) is 5.13 Å². The zero-order valence-corrected chi connectivity index (χ0v) is 25.8. The number of thiazole rings is 1. The van der Waals surface area contributed by atoms with Crippen LogP contribution in [-0.2, 0) is 11.2 Å². The van der Waals surface area contributed by atoms with Gasteiger partial charge in [0.2, 0.25) is 5.91 Å². The molecule has 0 saturated heterocycles. The van der Waals surface area contributed by atoms with Gasteiger partial charge in [-0.1, -0.05) is 65.4 Å². The average molecular weight is 646 g/mol. The lowest BCUT2D eigenvalue weighted by molar-refractivity contribution is -0.114. The maximum atomic E-state index is 13.7. The Hall–Kier alpha value is -4.67. The largest absolute Gasteiger partial charge is 0.335 e. The first-order chi connectivity index (χ1) is 21.7. The number of nitrogens with zero attached hydrogens (tertiary/aromatic N) is 2. The Morgan fingerprint density at radius 2 is 1.49 bits per heavy atom. The van der Waals surface area contributed by atoms with Gasteiger partial charge in [0.25, 0.3) is 0 Å². The van der Waals surface area contributed by atoms with Gasteiger partial charge in [0.1, 0.15) is 21.7 Å². The van der Waals surface area contributed by atoms with E-state index in [0.29, 0.717) is 40.1 Å². The number of carbonyl (C=O) groups excluding carboxylic acids is 2. The third-order valence-corrected chi connectivity index (χ3v) is 8.32. The summed E-state index contributed by atoms with van der Waals surface area (Å²) in [6.45, 7) is 1.44. The summed E-state index contributed by atoms with van der Waals surface area (Å²) in [7, 11) is 0. The number of aromatic nitrogens is 2. The van der Waals surface area contributed by atoms with E-state index >= 15 is 0 Å². The lowest BCUT2D eigenvalue weighted by atomic mass is 9.85. The van der Waals surface area contributed by atoms with Crippen molar-refractivity contribution in [1.29, 1.82) is 0 Å². The fraction of sp³-hybridized carbons (Fsp3) is 0.176. The summed E-state index contributed by atoms with van der Waals surface area (Å²) in [4.78, 5) is 33.5. The van der Waals surface area contributed by atoms with E-state index in [1.165, 1.54) is 31.2 Å². The molecule has 1 atom stereocenters. The standard InChI is InChI=1S/C34H30ClF2N5O2S/c1-21(43)39-27-15-9-24(10-16-27)31-32(35)45-34(41-31)42-33(44)40-29(20-28-4-2-3-19-38-28)17-18-30(22-5-11-25(36)12-6-22)23-7-13-26(37)14-8-23/h2-16,19,29-30H,17-18,20H2,1H3,(H,39,43)(H2,40,41,42,44). The molecule has 3 N–H and O–H groups in total. The molecular formula is C34H30ClF2N5O2S. The van der Waals surface area contributed by atoms with Crippen molar-refractivity contribution in [2.24, 2.45) is 0 Å². The molecule has 11 heteroatoms. The van der Waals surface area contributed by atoms with Gasteiger partial charge in [-0.25, -0.2) is 18.6 Å². The van der Waals surface area contributed by atoms with E-state index in [4.69, 9.17) is 11.6 Å². The van der Waals surface area contributed by atoms with Crippen LogP contribution in [0, 0.1) is 11.6 Å². The number of halogens is 3. The van der Waals surface area contributed by atoms with Crippen LogP contribution in [0.1, 0.15) is 42.5 Å². The summed E-state index contributed by atoms with van der Waals surface area (Å²) in [5.74, 6) is -1.000. The molecule has 0 aliphatic carbocycles. The first kappa shape index (κ1) is 31.7. The molecular weight excluding hydrogens is 616 g/mol. The Balaban J connectivity index is 1.31. The summed E-state index contributed by atoms with van der Waals surface area (Å²) in [6, 6.07) is 24.5. The van der Waals surface area contributed by atoms with Gasteiger partial charge in [0, 0.05) is 48.4 Å². The second kappa shape index (κ2) is 14.9. The van der Waals surface area contributed by atoms with Gasteiger partial charge in [-0.3, -0.25) is 15.1 Å². The molecule has 3 amide bonds. The SMILES string of the molecule is CC(=O)Nc1ccc(-c2nc(NC(=O)NC(CCC(c3ccc(F)cc3)c3ccc(F)cc3)Cc3ccccn3)sc2Cl)cc1. The molecule has 0 aliphatic rings. The van der Waals surface area contributed by atoms with E-state index in [9.17, 15) is 18.4 Å². The molecule has 45 heavy (non-hydrogen) atoms. The third kappa shape index (κ3) is 8.93. The number of rotatable bonds is 11. The highest BCUT2D eigenvalue weighted by Gasteiger charge is 2.21. The Labute approximate surface area is 268 Å². The number of nitrogens with one attached hydrogen (secondary N) is 3. The molecule has 0 spiro atoms. The van der Waals surface area contributed by atoms with Crippen LogP contribution in [-0.4, -0.2) is 27.9 Å². The Morgan fingerprint density at radius 1 is 0.844 bits per heavy atom. The van der Waals surface area contributed by atoms with Crippen molar-refractivity contribution in [2.75, 3.05) is 10.6 Å². The maximum absolute atomic E-state index is 13.7. The predicted molar refractivity (Wildman–Crippen MR) is 175 cm³/mol. The molecule has 5 aromatic rings. The number of hydrogen-bond acceptors (Lipinski definition) is 5. The van der Waals surface area contributed by atoms with Crippen molar-refractivity contribution in [3.8, 4) is 11.3 Å². The first-order valence-corrected chi connectivity index (χ1v) is 15.5. The van der Waals surface area contributed by atoms with Crippen molar-refractivity contribution in [3.05, 3.63) is 130 Å². The maximum Gasteiger partial charge on any atom is 0.321 e. The fourth-order valence-electron chi connectivity index (χ4n) is 5.05. The van der Waals surface area contributed by atoms with Crippen molar-refractivity contribution in [2.45, 2.75) is 38.1 Å². The normalized spacial score (nSPS) is 11.7. The molecule has 3 aromatic carbocycles. The van der Waals surface area contributed by atoms with Crippen LogP contribution in [0.5, 0.6) is 0 Å². The molecule has 2 heterocycles. The lowest BCUT2D eigenvalue weighted by Crippen LogP contribution is -2.39. The van der Waals surface area contributed by atoms with Gasteiger partial charge in [0.05, 0.1) is 0 Å². The van der Waals surface area contributed by atoms with Crippen LogP contribution < -0.4 is 16.0 Å². The van der Waals surface area contributed by atoms with E-state index in [2.05, 4.69) is 25.9 Å². The summed E-state index contributed by atoms with van der Waals surface area (Å²) < 4.78 is 27.9. The van der Waals surface area contributed by atoms with E-state index in [-0.39, 0.29) is 29.5 Å². The minimum Gasteiger partial charge on any atom is -0.335 e. The van der Waals surface area contributed by atoms with Gasteiger partial charge in [-0.05, 0) is 72.5 Å². The quantitative estimate of drug-likeness (QED) is 0.134.